The topological polar surface area (TPSA) is 26.0 Å². The van der Waals surface area contributed by atoms with E-state index in [1.165, 1.54) is 28.4 Å². The number of hydrogen-bond donors (Lipinski definition) is 1. The molecule has 1 aromatic carbocycles. The standard InChI is InChI=1S/C11H14BrN/c1-8-2-3-9(10(12)6-8)7-11(13)4-5-11/h2-3,6H,4-5,7,13H2,1H3. The lowest BCUT2D eigenvalue weighted by molar-refractivity contribution is 0.670. The fourth-order valence-electron chi connectivity index (χ4n) is 1.51. The minimum absolute atomic E-state index is 0.109. The zero-order valence-electron chi connectivity index (χ0n) is 7.81. The molecule has 13 heavy (non-hydrogen) atoms. The minimum atomic E-state index is 0.109. The summed E-state index contributed by atoms with van der Waals surface area (Å²) < 4.78 is 1.20. The van der Waals surface area contributed by atoms with Crippen LogP contribution in [-0.2, 0) is 6.42 Å². The van der Waals surface area contributed by atoms with Crippen molar-refractivity contribution in [2.45, 2.75) is 31.7 Å². The predicted molar refractivity (Wildman–Crippen MR) is 58.7 cm³/mol. The molecular formula is C11H14BrN. The van der Waals surface area contributed by atoms with E-state index < -0.39 is 0 Å². The Morgan fingerprint density at radius 2 is 2.15 bits per heavy atom. The summed E-state index contributed by atoms with van der Waals surface area (Å²) in [6.45, 7) is 2.10. The van der Waals surface area contributed by atoms with Crippen molar-refractivity contribution in [2.24, 2.45) is 5.73 Å². The molecule has 70 valence electrons. The molecule has 1 aliphatic carbocycles. The van der Waals surface area contributed by atoms with Crippen LogP contribution in [0.15, 0.2) is 22.7 Å². The lowest BCUT2D eigenvalue weighted by Crippen LogP contribution is -2.24. The fraction of sp³-hybridized carbons (Fsp3) is 0.455. The third kappa shape index (κ3) is 2.12. The second-order valence-corrected chi connectivity index (χ2v) is 4.99. The van der Waals surface area contributed by atoms with E-state index >= 15 is 0 Å². The normalized spacial score (nSPS) is 18.7. The molecule has 0 aromatic heterocycles. The first kappa shape index (κ1) is 9.22. The monoisotopic (exact) mass is 239 g/mol. The first-order valence-corrected chi connectivity index (χ1v) is 5.42. The van der Waals surface area contributed by atoms with Crippen LogP contribution >= 0.6 is 15.9 Å². The van der Waals surface area contributed by atoms with E-state index in [1.807, 2.05) is 0 Å². The summed E-state index contributed by atoms with van der Waals surface area (Å²) >= 11 is 3.57. The van der Waals surface area contributed by atoms with Gasteiger partial charge in [-0.1, -0.05) is 28.1 Å². The molecule has 0 aliphatic heterocycles. The summed E-state index contributed by atoms with van der Waals surface area (Å²) in [5.41, 5.74) is 8.80. The van der Waals surface area contributed by atoms with Gasteiger partial charge in [0.25, 0.3) is 0 Å². The number of aryl methyl sites for hydroxylation is 1. The van der Waals surface area contributed by atoms with Crippen molar-refractivity contribution in [3.63, 3.8) is 0 Å². The maximum absolute atomic E-state index is 6.06. The molecule has 1 aliphatic rings. The van der Waals surface area contributed by atoms with Gasteiger partial charge in [0.05, 0.1) is 0 Å². The van der Waals surface area contributed by atoms with Gasteiger partial charge in [-0.3, -0.25) is 0 Å². The van der Waals surface area contributed by atoms with Gasteiger partial charge < -0.3 is 5.73 Å². The van der Waals surface area contributed by atoms with E-state index in [0.717, 1.165) is 6.42 Å². The van der Waals surface area contributed by atoms with Gasteiger partial charge in [0.1, 0.15) is 0 Å². The van der Waals surface area contributed by atoms with Gasteiger partial charge in [0, 0.05) is 10.0 Å². The lowest BCUT2D eigenvalue weighted by Gasteiger charge is -2.10. The number of nitrogens with two attached hydrogens (primary N) is 1. The van der Waals surface area contributed by atoms with Crippen LogP contribution in [0.3, 0.4) is 0 Å². The molecule has 1 nitrogen and oxygen atoms in total. The van der Waals surface area contributed by atoms with Crippen molar-refractivity contribution in [3.8, 4) is 0 Å². The molecule has 0 spiro atoms. The average molecular weight is 240 g/mol. The molecule has 1 saturated carbocycles. The predicted octanol–water partition coefficient (Wildman–Crippen LogP) is 2.79. The van der Waals surface area contributed by atoms with Crippen molar-refractivity contribution in [1.29, 1.82) is 0 Å². The summed E-state index contributed by atoms with van der Waals surface area (Å²) in [4.78, 5) is 0. The summed E-state index contributed by atoms with van der Waals surface area (Å²) in [5.74, 6) is 0. The van der Waals surface area contributed by atoms with Crippen LogP contribution in [0.4, 0.5) is 0 Å². The van der Waals surface area contributed by atoms with E-state index in [2.05, 4.69) is 41.1 Å². The summed E-state index contributed by atoms with van der Waals surface area (Å²) in [5, 5.41) is 0. The van der Waals surface area contributed by atoms with E-state index in [-0.39, 0.29) is 5.54 Å². The summed E-state index contributed by atoms with van der Waals surface area (Å²) in [6, 6.07) is 6.47. The Morgan fingerprint density at radius 1 is 1.46 bits per heavy atom. The number of hydrogen-bond acceptors (Lipinski definition) is 1. The summed E-state index contributed by atoms with van der Waals surface area (Å²) in [7, 11) is 0. The van der Waals surface area contributed by atoms with Gasteiger partial charge in [-0.15, -0.1) is 0 Å². The van der Waals surface area contributed by atoms with Crippen molar-refractivity contribution >= 4 is 15.9 Å². The van der Waals surface area contributed by atoms with Crippen LogP contribution in [0, 0.1) is 6.92 Å². The highest BCUT2D eigenvalue weighted by Crippen LogP contribution is 2.37. The van der Waals surface area contributed by atoms with Gasteiger partial charge in [0.15, 0.2) is 0 Å². The van der Waals surface area contributed by atoms with Crippen LogP contribution in [0.25, 0.3) is 0 Å². The van der Waals surface area contributed by atoms with Crippen LogP contribution in [0.5, 0.6) is 0 Å². The van der Waals surface area contributed by atoms with Crippen LogP contribution in [0.2, 0.25) is 0 Å². The third-order valence-corrected chi connectivity index (χ3v) is 3.38. The molecule has 0 heterocycles. The van der Waals surface area contributed by atoms with Gasteiger partial charge in [0.2, 0.25) is 0 Å². The molecule has 1 aromatic rings. The molecule has 1 fully saturated rings. The Labute approximate surface area is 87.5 Å². The van der Waals surface area contributed by atoms with Gasteiger partial charge in [-0.25, -0.2) is 0 Å². The van der Waals surface area contributed by atoms with Crippen molar-refractivity contribution in [3.05, 3.63) is 33.8 Å². The maximum Gasteiger partial charge on any atom is 0.0210 e. The van der Waals surface area contributed by atoms with E-state index in [0.29, 0.717) is 0 Å². The molecule has 0 atom stereocenters. The zero-order chi connectivity index (χ0) is 9.47. The largest absolute Gasteiger partial charge is 0.325 e. The first-order chi connectivity index (χ1) is 6.09. The lowest BCUT2D eigenvalue weighted by atomic mass is 10.0. The molecule has 0 unspecified atom stereocenters. The van der Waals surface area contributed by atoms with Crippen LogP contribution in [-0.4, -0.2) is 5.54 Å². The van der Waals surface area contributed by atoms with Gasteiger partial charge in [-0.2, -0.15) is 0 Å². The molecule has 0 radical (unpaired) electrons. The average Bonchev–Trinajstić information content (AvgIpc) is 2.75. The van der Waals surface area contributed by atoms with Gasteiger partial charge in [-0.05, 0) is 43.4 Å². The molecule has 2 N–H and O–H groups in total. The SMILES string of the molecule is Cc1ccc(CC2(N)CC2)c(Br)c1. The number of halogens is 1. The van der Waals surface area contributed by atoms with Crippen molar-refractivity contribution < 1.29 is 0 Å². The smallest absolute Gasteiger partial charge is 0.0210 e. The molecule has 0 saturated heterocycles. The molecule has 0 amide bonds. The zero-order valence-corrected chi connectivity index (χ0v) is 9.39. The van der Waals surface area contributed by atoms with E-state index in [9.17, 15) is 0 Å². The first-order valence-electron chi connectivity index (χ1n) is 4.63. The van der Waals surface area contributed by atoms with Crippen molar-refractivity contribution in [2.75, 3.05) is 0 Å². The Morgan fingerprint density at radius 3 is 2.69 bits per heavy atom. The Balaban J connectivity index is 2.20. The fourth-order valence-corrected chi connectivity index (χ4v) is 2.15. The van der Waals surface area contributed by atoms with E-state index in [1.54, 1.807) is 0 Å². The molecule has 2 heteroatoms. The highest BCUT2D eigenvalue weighted by Gasteiger charge is 2.38. The Hall–Kier alpha value is -0.340. The molecular weight excluding hydrogens is 226 g/mol. The highest BCUT2D eigenvalue weighted by molar-refractivity contribution is 9.10. The minimum Gasteiger partial charge on any atom is -0.325 e. The quantitative estimate of drug-likeness (QED) is 0.845. The molecule has 0 bridgehead atoms. The van der Waals surface area contributed by atoms with Gasteiger partial charge >= 0.3 is 0 Å². The Bertz CT molecular complexity index is 329. The van der Waals surface area contributed by atoms with Crippen molar-refractivity contribution in [1.82, 2.24) is 0 Å². The van der Waals surface area contributed by atoms with Crippen LogP contribution in [0.1, 0.15) is 24.0 Å². The number of benzene rings is 1. The third-order valence-electron chi connectivity index (χ3n) is 2.64. The van der Waals surface area contributed by atoms with E-state index in [4.69, 9.17) is 5.73 Å². The van der Waals surface area contributed by atoms with Crippen LogP contribution < -0.4 is 5.73 Å². The highest BCUT2D eigenvalue weighted by atomic mass is 79.9. The molecule has 2 rings (SSSR count). The summed E-state index contributed by atoms with van der Waals surface area (Å²) in [6.07, 6.45) is 3.36. The maximum atomic E-state index is 6.06. The second kappa shape index (κ2) is 3.10. The Kier molecular flexibility index (Phi) is 2.20. The number of rotatable bonds is 2. The second-order valence-electron chi connectivity index (χ2n) is 4.13.